The largest absolute Gasteiger partial charge is 0.309 e. The van der Waals surface area contributed by atoms with Gasteiger partial charge in [0.15, 0.2) is 0 Å². The van der Waals surface area contributed by atoms with Crippen LogP contribution in [0.3, 0.4) is 0 Å². The van der Waals surface area contributed by atoms with Gasteiger partial charge in [-0.2, -0.15) is 0 Å². The molecule has 0 radical (unpaired) electrons. The zero-order chi connectivity index (χ0) is 32.8. The molecule has 2 nitrogen and oxygen atoms in total. The van der Waals surface area contributed by atoms with Crippen LogP contribution >= 0.6 is 0 Å². The highest BCUT2D eigenvalue weighted by Gasteiger charge is 2.24. The Kier molecular flexibility index (Phi) is 5.70. The molecular formula is C48H30N2. The SMILES string of the molecule is c1ccc(-c2ccc(-n3c4ccccc4c4cc(-c5ccc6c(c5)c5cccc7c5n6-c5ccccc5-c5ccccc5-7)ccc43)cc2)cc1. The fourth-order valence-corrected chi connectivity index (χ4v) is 8.43. The van der Waals surface area contributed by atoms with Gasteiger partial charge in [-0.05, 0) is 81.9 Å². The molecular weight excluding hydrogens is 605 g/mol. The van der Waals surface area contributed by atoms with E-state index in [4.69, 9.17) is 0 Å². The van der Waals surface area contributed by atoms with E-state index in [-0.39, 0.29) is 0 Å². The summed E-state index contributed by atoms with van der Waals surface area (Å²) >= 11 is 0. The van der Waals surface area contributed by atoms with Crippen molar-refractivity contribution < 1.29 is 0 Å². The fraction of sp³-hybridized carbons (Fsp3) is 0. The smallest absolute Gasteiger partial charge is 0.0619 e. The monoisotopic (exact) mass is 634 g/mol. The third kappa shape index (κ3) is 3.85. The van der Waals surface area contributed by atoms with E-state index in [0.717, 1.165) is 5.69 Å². The lowest BCUT2D eigenvalue weighted by molar-refractivity contribution is 1.18. The van der Waals surface area contributed by atoms with Crippen LogP contribution < -0.4 is 0 Å². The van der Waals surface area contributed by atoms with E-state index in [0.29, 0.717) is 0 Å². The van der Waals surface area contributed by atoms with E-state index in [2.05, 4.69) is 191 Å². The van der Waals surface area contributed by atoms with Crippen LogP contribution in [0.1, 0.15) is 0 Å². The summed E-state index contributed by atoms with van der Waals surface area (Å²) in [7, 11) is 0. The molecule has 0 spiro atoms. The summed E-state index contributed by atoms with van der Waals surface area (Å²) in [6, 6.07) is 66.7. The van der Waals surface area contributed by atoms with Crippen molar-refractivity contribution in [2.24, 2.45) is 0 Å². The van der Waals surface area contributed by atoms with Crippen molar-refractivity contribution in [3.05, 3.63) is 182 Å². The van der Waals surface area contributed by atoms with Crippen LogP contribution in [0.4, 0.5) is 0 Å². The number of aromatic nitrogens is 2. The molecule has 0 fully saturated rings. The van der Waals surface area contributed by atoms with Crippen LogP contribution in [0, 0.1) is 0 Å². The Morgan fingerprint density at radius 3 is 1.58 bits per heavy atom. The molecule has 8 aromatic carbocycles. The highest BCUT2D eigenvalue weighted by molar-refractivity contribution is 6.17. The molecule has 10 aromatic rings. The van der Waals surface area contributed by atoms with Gasteiger partial charge in [-0.15, -0.1) is 0 Å². The minimum atomic E-state index is 1.16. The van der Waals surface area contributed by atoms with Crippen LogP contribution in [0.15, 0.2) is 182 Å². The van der Waals surface area contributed by atoms with Crippen LogP contribution in [-0.4, -0.2) is 9.13 Å². The van der Waals surface area contributed by atoms with Crippen molar-refractivity contribution in [1.82, 2.24) is 9.13 Å². The van der Waals surface area contributed by atoms with Gasteiger partial charge in [0.1, 0.15) is 0 Å². The van der Waals surface area contributed by atoms with Gasteiger partial charge in [-0.1, -0.05) is 133 Å². The predicted octanol–water partition coefficient (Wildman–Crippen LogP) is 12.9. The lowest BCUT2D eigenvalue weighted by atomic mass is 9.93. The maximum Gasteiger partial charge on any atom is 0.0619 e. The maximum atomic E-state index is 2.49. The number of hydrogen-bond donors (Lipinski definition) is 0. The maximum absolute atomic E-state index is 2.49. The summed E-state index contributed by atoms with van der Waals surface area (Å²) in [5.74, 6) is 0. The third-order valence-electron chi connectivity index (χ3n) is 10.7. The molecule has 0 atom stereocenters. The number of fused-ring (bicyclic) bond motifs is 11. The fourth-order valence-electron chi connectivity index (χ4n) is 8.43. The first kappa shape index (κ1) is 27.3. The van der Waals surface area contributed by atoms with Crippen LogP contribution in [0.2, 0.25) is 0 Å². The number of nitrogens with zero attached hydrogens (tertiary/aromatic N) is 2. The molecule has 50 heavy (non-hydrogen) atoms. The summed E-state index contributed by atoms with van der Waals surface area (Å²) in [5.41, 5.74) is 17.3. The summed E-state index contributed by atoms with van der Waals surface area (Å²) < 4.78 is 4.88. The number of para-hydroxylation sites is 3. The normalized spacial score (nSPS) is 12.0. The first-order valence-corrected chi connectivity index (χ1v) is 17.3. The Balaban J connectivity index is 1.10. The minimum absolute atomic E-state index is 1.16. The number of rotatable bonds is 3. The number of hydrogen-bond acceptors (Lipinski definition) is 0. The van der Waals surface area contributed by atoms with Gasteiger partial charge in [0.25, 0.3) is 0 Å². The van der Waals surface area contributed by atoms with E-state index in [1.165, 1.54) is 93.8 Å². The van der Waals surface area contributed by atoms with E-state index in [1.54, 1.807) is 0 Å². The van der Waals surface area contributed by atoms with Crippen molar-refractivity contribution in [3.8, 4) is 55.9 Å². The lowest BCUT2D eigenvalue weighted by Crippen LogP contribution is -1.95. The topological polar surface area (TPSA) is 9.86 Å². The zero-order valence-corrected chi connectivity index (χ0v) is 27.2. The molecule has 1 aliphatic rings. The zero-order valence-electron chi connectivity index (χ0n) is 27.2. The summed E-state index contributed by atoms with van der Waals surface area (Å²) in [5, 5.41) is 5.07. The van der Waals surface area contributed by atoms with Gasteiger partial charge in [0.2, 0.25) is 0 Å². The van der Waals surface area contributed by atoms with E-state index in [1.807, 2.05) is 0 Å². The summed E-state index contributed by atoms with van der Waals surface area (Å²) in [6.07, 6.45) is 0. The molecule has 11 rings (SSSR count). The molecule has 0 saturated heterocycles. The van der Waals surface area contributed by atoms with E-state index >= 15 is 0 Å². The predicted molar refractivity (Wildman–Crippen MR) is 210 cm³/mol. The second kappa shape index (κ2) is 10.4. The van der Waals surface area contributed by atoms with Gasteiger partial charge in [-0.25, -0.2) is 0 Å². The van der Waals surface area contributed by atoms with Crippen molar-refractivity contribution in [2.45, 2.75) is 0 Å². The average molecular weight is 635 g/mol. The molecule has 2 heteroatoms. The standard InChI is InChI=1S/C48H30N2/c1-2-11-31(12-3-1)32-21-25-35(26-22-32)49-44-19-8-7-16-39(44)42-29-33(23-27-46(42)49)34-24-28-47-43(30-34)41-18-10-17-40-37-14-5-4-13-36(37)38-15-6-9-20-45(38)50(47)48(40)41/h1-30H. The van der Waals surface area contributed by atoms with Gasteiger partial charge in [0.05, 0.1) is 27.8 Å². The van der Waals surface area contributed by atoms with Crippen molar-refractivity contribution in [2.75, 3.05) is 0 Å². The highest BCUT2D eigenvalue weighted by atomic mass is 15.0. The Bertz CT molecular complexity index is 2960. The molecule has 0 bridgehead atoms. The molecule has 0 aliphatic carbocycles. The average Bonchev–Trinajstić information content (AvgIpc) is 3.66. The quantitative estimate of drug-likeness (QED) is 0.183. The van der Waals surface area contributed by atoms with Crippen molar-refractivity contribution >= 4 is 43.6 Å². The molecule has 2 aromatic heterocycles. The van der Waals surface area contributed by atoms with E-state index in [9.17, 15) is 0 Å². The molecule has 0 N–H and O–H groups in total. The minimum Gasteiger partial charge on any atom is -0.309 e. The van der Waals surface area contributed by atoms with Crippen LogP contribution in [0.25, 0.3) is 99.5 Å². The van der Waals surface area contributed by atoms with Crippen molar-refractivity contribution in [3.63, 3.8) is 0 Å². The third-order valence-corrected chi connectivity index (χ3v) is 10.7. The molecule has 1 aliphatic heterocycles. The lowest BCUT2D eigenvalue weighted by Gasteiger charge is -2.12. The molecule has 0 saturated carbocycles. The highest BCUT2D eigenvalue weighted by Crippen LogP contribution is 2.47. The Labute approximate surface area is 289 Å². The summed E-state index contributed by atoms with van der Waals surface area (Å²) in [4.78, 5) is 0. The second-order valence-corrected chi connectivity index (χ2v) is 13.3. The van der Waals surface area contributed by atoms with Crippen LogP contribution in [-0.2, 0) is 0 Å². The molecule has 232 valence electrons. The van der Waals surface area contributed by atoms with Crippen molar-refractivity contribution in [1.29, 1.82) is 0 Å². The van der Waals surface area contributed by atoms with Gasteiger partial charge in [0, 0.05) is 38.4 Å². The van der Waals surface area contributed by atoms with Gasteiger partial charge >= 0.3 is 0 Å². The first-order valence-electron chi connectivity index (χ1n) is 17.3. The number of benzene rings is 8. The first-order chi connectivity index (χ1) is 24.8. The summed E-state index contributed by atoms with van der Waals surface area (Å²) in [6.45, 7) is 0. The molecule has 0 unspecified atom stereocenters. The van der Waals surface area contributed by atoms with Crippen LogP contribution in [0.5, 0.6) is 0 Å². The van der Waals surface area contributed by atoms with Gasteiger partial charge in [-0.3, -0.25) is 0 Å². The van der Waals surface area contributed by atoms with Gasteiger partial charge < -0.3 is 9.13 Å². The molecule has 0 amide bonds. The molecule has 3 heterocycles. The van der Waals surface area contributed by atoms with E-state index < -0.39 is 0 Å². The Hall–Kier alpha value is -6.64. The Morgan fingerprint density at radius 2 is 0.800 bits per heavy atom. The second-order valence-electron chi connectivity index (χ2n) is 13.3. The Morgan fingerprint density at radius 1 is 0.280 bits per heavy atom.